The van der Waals surface area contributed by atoms with Gasteiger partial charge in [0, 0.05) is 23.2 Å². The molecule has 1 heterocycles. The minimum atomic E-state index is 0.578. The second-order valence-corrected chi connectivity index (χ2v) is 6.91. The van der Waals surface area contributed by atoms with Crippen LogP contribution in [0.15, 0.2) is 29.6 Å². The Kier molecular flexibility index (Phi) is 5.43. The van der Waals surface area contributed by atoms with E-state index in [0.717, 1.165) is 22.9 Å². The maximum Gasteiger partial charge on any atom is 0.103 e. The van der Waals surface area contributed by atoms with Gasteiger partial charge in [0.05, 0.1) is 5.69 Å². The molecule has 102 valence electrons. The highest BCUT2D eigenvalue weighted by atomic mass is 32.2. The number of hydrogen-bond acceptors (Lipinski definition) is 4. The summed E-state index contributed by atoms with van der Waals surface area (Å²) >= 11 is 3.70. The maximum absolute atomic E-state index is 5.67. The van der Waals surface area contributed by atoms with Gasteiger partial charge in [-0.25, -0.2) is 4.98 Å². The lowest BCUT2D eigenvalue weighted by atomic mass is 10.1. The summed E-state index contributed by atoms with van der Waals surface area (Å²) in [5, 5.41) is 3.35. The average Bonchev–Trinajstić information content (AvgIpc) is 2.87. The summed E-state index contributed by atoms with van der Waals surface area (Å²) < 4.78 is 0. The van der Waals surface area contributed by atoms with Crippen molar-refractivity contribution in [1.29, 1.82) is 0 Å². The van der Waals surface area contributed by atoms with Crippen molar-refractivity contribution >= 4 is 23.1 Å². The summed E-state index contributed by atoms with van der Waals surface area (Å²) in [6.07, 6.45) is 0. The van der Waals surface area contributed by atoms with Crippen LogP contribution in [0.1, 0.15) is 24.4 Å². The summed E-state index contributed by atoms with van der Waals surface area (Å²) in [5.74, 6) is 2.95. The van der Waals surface area contributed by atoms with Gasteiger partial charge < -0.3 is 5.73 Å². The second kappa shape index (κ2) is 7.08. The van der Waals surface area contributed by atoms with Gasteiger partial charge in [-0.2, -0.15) is 11.8 Å². The van der Waals surface area contributed by atoms with Gasteiger partial charge in [0.1, 0.15) is 5.01 Å². The summed E-state index contributed by atoms with van der Waals surface area (Å²) in [5.41, 5.74) is 9.06. The lowest BCUT2D eigenvalue weighted by molar-refractivity contribution is 0.750. The van der Waals surface area contributed by atoms with E-state index in [4.69, 9.17) is 10.7 Å². The van der Waals surface area contributed by atoms with E-state index in [-0.39, 0.29) is 0 Å². The topological polar surface area (TPSA) is 38.9 Å². The average molecular weight is 292 g/mol. The van der Waals surface area contributed by atoms with E-state index >= 15 is 0 Å². The van der Waals surface area contributed by atoms with Crippen molar-refractivity contribution < 1.29 is 0 Å². The number of thioether (sulfide) groups is 1. The standard InChI is InChI=1S/C15H20N2S2/c1-11(2)8-18-10-15-17-14(9-19-15)13-5-3-4-12(6-13)7-16/h3-6,9,11H,7-8,10,16H2,1-2H3. The van der Waals surface area contributed by atoms with Gasteiger partial charge in [-0.1, -0.05) is 32.0 Å². The van der Waals surface area contributed by atoms with Gasteiger partial charge in [0.2, 0.25) is 0 Å². The molecule has 0 atom stereocenters. The molecule has 0 spiro atoms. The quantitative estimate of drug-likeness (QED) is 0.869. The molecule has 0 amide bonds. The van der Waals surface area contributed by atoms with Crippen LogP contribution in [0.3, 0.4) is 0 Å². The highest BCUT2D eigenvalue weighted by molar-refractivity contribution is 7.98. The van der Waals surface area contributed by atoms with E-state index in [9.17, 15) is 0 Å². The van der Waals surface area contributed by atoms with Gasteiger partial charge >= 0.3 is 0 Å². The zero-order valence-electron chi connectivity index (χ0n) is 11.4. The first-order chi connectivity index (χ1) is 9.19. The molecule has 19 heavy (non-hydrogen) atoms. The van der Waals surface area contributed by atoms with Gasteiger partial charge in [0.25, 0.3) is 0 Å². The molecule has 4 heteroatoms. The van der Waals surface area contributed by atoms with Crippen molar-refractivity contribution in [2.75, 3.05) is 5.75 Å². The zero-order valence-corrected chi connectivity index (χ0v) is 13.1. The molecule has 0 fully saturated rings. The van der Waals surface area contributed by atoms with Gasteiger partial charge in [-0.05, 0) is 23.3 Å². The molecule has 0 radical (unpaired) electrons. The van der Waals surface area contributed by atoms with E-state index in [1.54, 1.807) is 11.3 Å². The number of rotatable bonds is 6. The molecule has 1 aromatic carbocycles. The minimum Gasteiger partial charge on any atom is -0.326 e. The first-order valence-corrected chi connectivity index (χ1v) is 8.54. The molecule has 0 aliphatic carbocycles. The Morgan fingerprint density at radius 1 is 1.37 bits per heavy atom. The fourth-order valence-corrected chi connectivity index (χ4v) is 3.69. The number of aromatic nitrogens is 1. The first-order valence-electron chi connectivity index (χ1n) is 6.50. The lowest BCUT2D eigenvalue weighted by Gasteiger charge is -2.02. The zero-order chi connectivity index (χ0) is 13.7. The largest absolute Gasteiger partial charge is 0.326 e. The highest BCUT2D eigenvalue weighted by Crippen LogP contribution is 2.25. The Morgan fingerprint density at radius 2 is 2.21 bits per heavy atom. The van der Waals surface area contributed by atoms with Crippen LogP contribution in [0.4, 0.5) is 0 Å². The van der Waals surface area contributed by atoms with Crippen LogP contribution in [0.2, 0.25) is 0 Å². The van der Waals surface area contributed by atoms with Crippen molar-refractivity contribution in [3.8, 4) is 11.3 Å². The van der Waals surface area contributed by atoms with Crippen LogP contribution in [-0.2, 0) is 12.3 Å². The number of benzene rings is 1. The predicted molar refractivity (Wildman–Crippen MR) is 86.4 cm³/mol. The van der Waals surface area contributed by atoms with Crippen molar-refractivity contribution in [2.45, 2.75) is 26.1 Å². The van der Waals surface area contributed by atoms with Crippen LogP contribution in [0.25, 0.3) is 11.3 Å². The second-order valence-electron chi connectivity index (χ2n) is 4.94. The summed E-state index contributed by atoms with van der Waals surface area (Å²) in [6, 6.07) is 8.32. The van der Waals surface area contributed by atoms with Crippen LogP contribution < -0.4 is 5.73 Å². The SMILES string of the molecule is CC(C)CSCc1nc(-c2cccc(CN)c2)cs1. The van der Waals surface area contributed by atoms with Crippen LogP contribution in [-0.4, -0.2) is 10.7 Å². The first kappa shape index (κ1) is 14.6. The van der Waals surface area contributed by atoms with E-state index in [1.165, 1.54) is 16.3 Å². The summed E-state index contributed by atoms with van der Waals surface area (Å²) in [6.45, 7) is 5.08. The fourth-order valence-electron chi connectivity index (χ4n) is 1.75. The normalized spacial score (nSPS) is 11.2. The third-order valence-electron chi connectivity index (χ3n) is 2.69. The van der Waals surface area contributed by atoms with E-state index in [2.05, 4.69) is 37.4 Å². The third kappa shape index (κ3) is 4.34. The molecule has 2 N–H and O–H groups in total. The van der Waals surface area contributed by atoms with Crippen LogP contribution in [0, 0.1) is 5.92 Å². The maximum atomic E-state index is 5.67. The molecule has 0 unspecified atom stereocenters. The van der Waals surface area contributed by atoms with Crippen LogP contribution >= 0.6 is 23.1 Å². The lowest BCUT2D eigenvalue weighted by Crippen LogP contribution is -1.95. The van der Waals surface area contributed by atoms with E-state index < -0.39 is 0 Å². The van der Waals surface area contributed by atoms with Crippen LogP contribution in [0.5, 0.6) is 0 Å². The number of nitrogens with zero attached hydrogens (tertiary/aromatic N) is 1. The fraction of sp³-hybridized carbons (Fsp3) is 0.400. The monoisotopic (exact) mass is 292 g/mol. The predicted octanol–water partition coefficient (Wildman–Crippen LogP) is 4.16. The molecule has 0 bridgehead atoms. The molecule has 0 aliphatic rings. The Bertz CT molecular complexity index is 520. The molecule has 1 aromatic heterocycles. The summed E-state index contributed by atoms with van der Waals surface area (Å²) in [7, 11) is 0. The van der Waals surface area contributed by atoms with Gasteiger partial charge in [-0.3, -0.25) is 0 Å². The molecule has 2 aromatic rings. The van der Waals surface area contributed by atoms with Gasteiger partial charge in [-0.15, -0.1) is 11.3 Å². The highest BCUT2D eigenvalue weighted by Gasteiger charge is 2.05. The Morgan fingerprint density at radius 3 is 2.95 bits per heavy atom. The molecule has 2 rings (SSSR count). The smallest absolute Gasteiger partial charge is 0.103 e. The molecule has 0 saturated carbocycles. The molecule has 0 aliphatic heterocycles. The molecular weight excluding hydrogens is 272 g/mol. The number of hydrogen-bond donors (Lipinski definition) is 1. The number of thiazole rings is 1. The van der Waals surface area contributed by atoms with Crippen molar-refractivity contribution in [3.63, 3.8) is 0 Å². The molecule has 2 nitrogen and oxygen atoms in total. The number of nitrogens with two attached hydrogens (primary N) is 1. The third-order valence-corrected chi connectivity index (χ3v) is 5.10. The summed E-state index contributed by atoms with van der Waals surface area (Å²) in [4.78, 5) is 4.71. The van der Waals surface area contributed by atoms with Gasteiger partial charge in [0.15, 0.2) is 0 Å². The Balaban J connectivity index is 2.03. The van der Waals surface area contributed by atoms with Crippen molar-refractivity contribution in [1.82, 2.24) is 4.98 Å². The van der Waals surface area contributed by atoms with E-state index in [1.807, 2.05) is 17.8 Å². The molecular formula is C15H20N2S2. The minimum absolute atomic E-state index is 0.578. The Hall–Kier alpha value is -0.840. The Labute approximate surface area is 123 Å². The molecule has 0 saturated heterocycles. The van der Waals surface area contributed by atoms with E-state index in [0.29, 0.717) is 6.54 Å². The van der Waals surface area contributed by atoms with Crippen molar-refractivity contribution in [3.05, 3.63) is 40.2 Å². The van der Waals surface area contributed by atoms with Crippen molar-refractivity contribution in [2.24, 2.45) is 11.7 Å².